The zero-order valence-corrected chi connectivity index (χ0v) is 18.8. The van der Waals surface area contributed by atoms with Gasteiger partial charge in [-0.15, -0.1) is 11.3 Å². The molecule has 0 saturated carbocycles. The molecule has 4 aromatic rings. The van der Waals surface area contributed by atoms with Crippen LogP contribution in [0.2, 0.25) is 5.02 Å². The number of anilines is 2. The summed E-state index contributed by atoms with van der Waals surface area (Å²) in [6, 6.07) is 10.9. The van der Waals surface area contributed by atoms with Gasteiger partial charge in [0.1, 0.15) is 17.3 Å². The van der Waals surface area contributed by atoms with Gasteiger partial charge in [-0.2, -0.15) is 0 Å². The first-order valence-corrected chi connectivity index (χ1v) is 11.4. The molecule has 2 heterocycles. The van der Waals surface area contributed by atoms with Crippen molar-refractivity contribution in [2.24, 2.45) is 0 Å². The Bertz CT molecular complexity index is 1320. The second kappa shape index (κ2) is 7.98. The van der Waals surface area contributed by atoms with Crippen LogP contribution in [-0.2, 0) is 0 Å². The Kier molecular flexibility index (Phi) is 5.16. The predicted octanol–water partition coefficient (Wildman–Crippen LogP) is 7.95. The Morgan fingerprint density at radius 1 is 1.13 bits per heavy atom. The van der Waals surface area contributed by atoms with Gasteiger partial charge in [-0.25, -0.2) is 9.37 Å². The van der Waals surface area contributed by atoms with Gasteiger partial charge in [0.05, 0.1) is 16.4 Å². The van der Waals surface area contributed by atoms with Gasteiger partial charge in [-0.3, -0.25) is 4.40 Å². The Labute approximate surface area is 189 Å². The van der Waals surface area contributed by atoms with Crippen molar-refractivity contribution in [2.45, 2.75) is 26.7 Å². The zero-order valence-electron chi connectivity index (χ0n) is 17.2. The number of aryl methyl sites for hydroxylation is 2. The van der Waals surface area contributed by atoms with Crippen molar-refractivity contribution in [3.05, 3.63) is 87.7 Å². The highest BCUT2D eigenvalue weighted by Crippen LogP contribution is 2.40. The van der Waals surface area contributed by atoms with Crippen LogP contribution >= 0.6 is 22.9 Å². The van der Waals surface area contributed by atoms with Crippen molar-refractivity contribution in [3.63, 3.8) is 0 Å². The molecule has 0 amide bonds. The fourth-order valence-corrected chi connectivity index (χ4v) is 5.21. The monoisotopic (exact) mass is 449 g/mol. The molecule has 0 fully saturated rings. The number of halogens is 2. The maximum atomic E-state index is 15.0. The van der Waals surface area contributed by atoms with E-state index in [1.165, 1.54) is 11.6 Å². The van der Waals surface area contributed by atoms with E-state index in [0.29, 0.717) is 16.3 Å². The maximum Gasteiger partial charge on any atom is 0.196 e. The number of benzene rings is 2. The van der Waals surface area contributed by atoms with E-state index in [9.17, 15) is 4.39 Å². The van der Waals surface area contributed by atoms with Crippen LogP contribution in [0.5, 0.6) is 0 Å². The summed E-state index contributed by atoms with van der Waals surface area (Å²) in [6.07, 6.45) is 8.36. The lowest BCUT2D eigenvalue weighted by molar-refractivity contribution is 0.630. The molecule has 1 aliphatic rings. The summed E-state index contributed by atoms with van der Waals surface area (Å²) in [5.74, 6) is 0.442. The molecular weight excluding hydrogens is 429 g/mol. The number of nitrogens with one attached hydrogen (secondary N) is 1. The maximum absolute atomic E-state index is 15.0. The highest BCUT2D eigenvalue weighted by Gasteiger charge is 2.24. The van der Waals surface area contributed by atoms with E-state index in [4.69, 9.17) is 16.6 Å². The third kappa shape index (κ3) is 3.48. The first kappa shape index (κ1) is 20.0. The molecule has 31 heavy (non-hydrogen) atoms. The molecule has 0 saturated heterocycles. The van der Waals surface area contributed by atoms with Crippen molar-refractivity contribution in [2.75, 3.05) is 5.32 Å². The van der Waals surface area contributed by atoms with Crippen LogP contribution in [0.3, 0.4) is 0 Å². The van der Waals surface area contributed by atoms with Gasteiger partial charge in [0.25, 0.3) is 0 Å². The Morgan fingerprint density at radius 3 is 2.68 bits per heavy atom. The van der Waals surface area contributed by atoms with Crippen molar-refractivity contribution in [1.29, 1.82) is 0 Å². The number of hydrogen-bond donors (Lipinski definition) is 1. The summed E-state index contributed by atoms with van der Waals surface area (Å²) in [6.45, 7) is 3.91. The first-order valence-electron chi connectivity index (χ1n) is 10.2. The van der Waals surface area contributed by atoms with Crippen LogP contribution in [-0.4, -0.2) is 9.38 Å². The predicted molar refractivity (Wildman–Crippen MR) is 129 cm³/mol. The molecule has 1 aliphatic carbocycles. The minimum absolute atomic E-state index is 0.286. The molecule has 0 atom stereocenters. The van der Waals surface area contributed by atoms with E-state index in [0.717, 1.165) is 46.1 Å². The lowest BCUT2D eigenvalue weighted by Crippen LogP contribution is -2.03. The van der Waals surface area contributed by atoms with Gasteiger partial charge >= 0.3 is 0 Å². The molecule has 0 spiro atoms. The molecule has 0 unspecified atom stereocenters. The molecule has 0 bridgehead atoms. The van der Waals surface area contributed by atoms with Crippen LogP contribution in [0, 0.1) is 19.7 Å². The average Bonchev–Trinajstić information content (AvgIpc) is 3.31. The smallest absolute Gasteiger partial charge is 0.196 e. The van der Waals surface area contributed by atoms with Crippen LogP contribution in [0.15, 0.2) is 60.0 Å². The Morgan fingerprint density at radius 2 is 1.94 bits per heavy atom. The molecular formula is C25H21ClFN3S. The molecule has 156 valence electrons. The van der Waals surface area contributed by atoms with E-state index < -0.39 is 0 Å². The standard InChI is InChI=1S/C25H21ClFN3S/c1-15-8-7-13-19(27)21(15)23-24(28-22-16(2)9-6-12-18(22)26)30-20(14-31-25(30)29-23)17-10-4-3-5-11-17/h3-4,6-10,12-14,28H,5,11H2,1-2H3. The molecule has 0 radical (unpaired) electrons. The number of aromatic nitrogens is 2. The lowest BCUT2D eigenvalue weighted by Gasteiger charge is -2.16. The summed E-state index contributed by atoms with van der Waals surface area (Å²) in [5, 5.41) is 6.25. The topological polar surface area (TPSA) is 29.3 Å². The van der Waals surface area contributed by atoms with Crippen molar-refractivity contribution in [3.8, 4) is 11.3 Å². The van der Waals surface area contributed by atoms with Crippen molar-refractivity contribution < 1.29 is 4.39 Å². The highest BCUT2D eigenvalue weighted by molar-refractivity contribution is 7.15. The SMILES string of the molecule is Cc1cccc(Cl)c1Nc1c(-c2c(C)cccc2F)nc2scc(C3=CC=CCC3)n12. The van der Waals surface area contributed by atoms with Crippen molar-refractivity contribution in [1.82, 2.24) is 9.38 Å². The summed E-state index contributed by atoms with van der Waals surface area (Å²) in [5.41, 5.74) is 6.06. The van der Waals surface area contributed by atoms with Gasteiger partial charge in [-0.05, 0) is 55.5 Å². The number of fused-ring (bicyclic) bond motifs is 1. The van der Waals surface area contributed by atoms with Crippen LogP contribution in [0.25, 0.3) is 21.8 Å². The highest BCUT2D eigenvalue weighted by atomic mass is 35.5. The van der Waals surface area contributed by atoms with Gasteiger partial charge in [0.2, 0.25) is 0 Å². The lowest BCUT2D eigenvalue weighted by atomic mass is 10.0. The quantitative estimate of drug-likeness (QED) is 0.342. The van der Waals surface area contributed by atoms with E-state index in [1.807, 2.05) is 38.1 Å². The third-order valence-corrected chi connectivity index (χ3v) is 6.77. The minimum Gasteiger partial charge on any atom is -0.338 e. The van der Waals surface area contributed by atoms with Gasteiger partial charge in [0, 0.05) is 10.9 Å². The largest absolute Gasteiger partial charge is 0.338 e. The van der Waals surface area contributed by atoms with E-state index in [-0.39, 0.29) is 5.82 Å². The Hall–Kier alpha value is -2.89. The molecule has 0 aliphatic heterocycles. The number of imidazole rings is 1. The second-order valence-corrected chi connectivity index (χ2v) is 8.94. The molecule has 1 N–H and O–H groups in total. The third-order valence-electron chi connectivity index (χ3n) is 5.63. The van der Waals surface area contributed by atoms with E-state index in [2.05, 4.69) is 33.3 Å². The molecule has 2 aromatic heterocycles. The summed E-state index contributed by atoms with van der Waals surface area (Å²) >= 11 is 8.10. The zero-order chi connectivity index (χ0) is 21.5. The van der Waals surface area contributed by atoms with Gasteiger partial charge in [-0.1, -0.05) is 54.1 Å². The number of nitrogens with zero attached hydrogens (tertiary/aromatic N) is 2. The molecule has 2 aromatic carbocycles. The van der Waals surface area contributed by atoms with Crippen LogP contribution < -0.4 is 5.32 Å². The Balaban J connectivity index is 1.80. The van der Waals surface area contributed by atoms with E-state index >= 15 is 0 Å². The fraction of sp³-hybridized carbons (Fsp3) is 0.160. The number of hydrogen-bond acceptors (Lipinski definition) is 3. The summed E-state index contributed by atoms with van der Waals surface area (Å²) < 4.78 is 17.1. The number of allylic oxidation sites excluding steroid dienone is 4. The average molecular weight is 450 g/mol. The van der Waals surface area contributed by atoms with Crippen LogP contribution in [0.4, 0.5) is 15.9 Å². The van der Waals surface area contributed by atoms with E-state index in [1.54, 1.807) is 17.4 Å². The van der Waals surface area contributed by atoms with Crippen LogP contribution in [0.1, 0.15) is 29.7 Å². The number of thiazole rings is 1. The molecule has 6 heteroatoms. The van der Waals surface area contributed by atoms with Gasteiger partial charge in [0.15, 0.2) is 4.96 Å². The molecule has 3 nitrogen and oxygen atoms in total. The number of rotatable bonds is 4. The minimum atomic E-state index is -0.286. The molecule has 5 rings (SSSR count). The first-order chi connectivity index (χ1) is 15.0. The normalized spacial score (nSPS) is 13.6. The number of para-hydroxylation sites is 1. The second-order valence-electron chi connectivity index (χ2n) is 7.70. The van der Waals surface area contributed by atoms with Gasteiger partial charge < -0.3 is 5.32 Å². The summed E-state index contributed by atoms with van der Waals surface area (Å²) in [7, 11) is 0. The fourth-order valence-electron chi connectivity index (χ4n) is 4.03. The van der Waals surface area contributed by atoms with Crippen molar-refractivity contribution >= 4 is 45.0 Å². The summed E-state index contributed by atoms with van der Waals surface area (Å²) in [4.78, 5) is 5.68.